The second kappa shape index (κ2) is 22.6. The smallest absolute Gasteiger partial charge is 0.129 e. The standard InChI is InChI=1S/C78H72N10O2/c1-53-39-75-77(41-55(53)3)87(51-85(75)61-21-13-19-59(43-61)79(5)6)65-25-17-29-69(47-65)89-67-27-15-23-63(45-67)83-49-81(71-31-9-11-33-73(71)83)57-35-37-58(38-36-57)82-50-84(74-34-12-10-32-72(74)82)64-24-16-28-68(46-64)90-70-30-18-26-66(48-70)88-52-86(62-22-14-20-60(44-62)80(7)8)76-40-54(2)56(4)42-78(76)88/h9-48H,49-52H2,1-8H3. The Balaban J connectivity index is 0.639. The fourth-order valence-electron chi connectivity index (χ4n) is 13.0. The maximum absolute atomic E-state index is 6.77. The van der Waals surface area contributed by atoms with Crippen molar-refractivity contribution < 1.29 is 9.47 Å². The lowest BCUT2D eigenvalue weighted by atomic mass is 10.1. The van der Waals surface area contributed by atoms with Gasteiger partial charge in [-0.1, -0.05) is 60.7 Å². The lowest BCUT2D eigenvalue weighted by Crippen LogP contribution is -2.25. The van der Waals surface area contributed by atoms with Crippen molar-refractivity contribution in [3.05, 3.63) is 265 Å². The first-order chi connectivity index (χ1) is 43.8. The van der Waals surface area contributed by atoms with E-state index in [4.69, 9.17) is 9.47 Å². The highest BCUT2D eigenvalue weighted by atomic mass is 16.5. The quantitative estimate of drug-likeness (QED) is 0.104. The largest absolute Gasteiger partial charge is 0.457 e. The molecule has 0 saturated heterocycles. The molecule has 4 aliphatic rings. The van der Waals surface area contributed by atoms with E-state index in [-0.39, 0.29) is 0 Å². The molecule has 0 amide bonds. The van der Waals surface area contributed by atoms with Crippen molar-refractivity contribution in [2.75, 3.05) is 104 Å². The summed E-state index contributed by atoms with van der Waals surface area (Å²) in [6.07, 6.45) is 0. The van der Waals surface area contributed by atoms with Crippen molar-refractivity contribution >= 4 is 102 Å². The van der Waals surface area contributed by atoms with E-state index in [0.717, 1.165) is 91.2 Å². The molecule has 4 aliphatic heterocycles. The van der Waals surface area contributed by atoms with Crippen LogP contribution in [0.25, 0.3) is 0 Å². The first-order valence-electron chi connectivity index (χ1n) is 30.9. The zero-order valence-corrected chi connectivity index (χ0v) is 52.2. The van der Waals surface area contributed by atoms with Gasteiger partial charge in [-0.05, 0) is 208 Å². The molecule has 0 spiro atoms. The molecule has 12 heteroatoms. The highest BCUT2D eigenvalue weighted by Gasteiger charge is 2.34. The van der Waals surface area contributed by atoms with E-state index in [2.05, 4.69) is 323 Å². The Kier molecular flexibility index (Phi) is 14.0. The van der Waals surface area contributed by atoms with Crippen LogP contribution < -0.4 is 58.5 Å². The van der Waals surface area contributed by atoms with Gasteiger partial charge in [0.1, 0.15) is 49.7 Å². The van der Waals surface area contributed by atoms with Gasteiger partial charge in [-0.15, -0.1) is 0 Å². The summed E-state index contributed by atoms with van der Waals surface area (Å²) >= 11 is 0. The lowest BCUT2D eigenvalue weighted by Gasteiger charge is -2.25. The van der Waals surface area contributed by atoms with E-state index in [1.165, 1.54) is 56.4 Å². The van der Waals surface area contributed by atoms with Gasteiger partial charge in [-0.2, -0.15) is 0 Å². The average Bonchev–Trinajstić information content (AvgIpc) is 1.75. The Morgan fingerprint density at radius 3 is 0.733 bits per heavy atom. The first kappa shape index (κ1) is 55.6. The maximum atomic E-state index is 6.77. The molecule has 11 aromatic carbocycles. The molecule has 11 aromatic rings. The molecule has 0 radical (unpaired) electrons. The number of nitrogens with zero attached hydrogens (tertiary/aromatic N) is 10. The van der Waals surface area contributed by atoms with Gasteiger partial charge in [0, 0.05) is 109 Å². The molecule has 0 aliphatic carbocycles. The number of hydrogen-bond donors (Lipinski definition) is 0. The summed E-state index contributed by atoms with van der Waals surface area (Å²) in [6, 6.07) is 87.0. The fraction of sp³-hybridized carbons (Fsp3) is 0.154. The number of fused-ring (bicyclic) bond motifs is 4. The SMILES string of the molecule is Cc1cc2c(cc1C)N(c1cccc(N(C)C)c1)CN2c1cccc(Oc2cccc(N3CN(c4ccc(N5CN(c6cccc(Oc7cccc(N8CN(c9cccc(N(C)C)c9)c9cc(C)c(C)cc98)c7)c6)c6ccccc65)cc4)c4ccccc43)c2)c1. The minimum absolute atomic E-state index is 0.637. The summed E-state index contributed by atoms with van der Waals surface area (Å²) in [4.78, 5) is 23.4. The molecule has 0 bridgehead atoms. The Morgan fingerprint density at radius 2 is 0.467 bits per heavy atom. The predicted octanol–water partition coefficient (Wildman–Crippen LogP) is 19.6. The van der Waals surface area contributed by atoms with Gasteiger partial charge < -0.3 is 58.5 Å². The van der Waals surface area contributed by atoms with Crippen molar-refractivity contribution in [3.63, 3.8) is 0 Å². The van der Waals surface area contributed by atoms with Gasteiger partial charge >= 0.3 is 0 Å². The minimum Gasteiger partial charge on any atom is -0.457 e. The summed E-state index contributed by atoms with van der Waals surface area (Å²) in [7, 11) is 8.36. The van der Waals surface area contributed by atoms with Crippen molar-refractivity contribution in [1.29, 1.82) is 0 Å². The normalized spacial score (nSPS) is 13.9. The van der Waals surface area contributed by atoms with Crippen LogP contribution in [0.15, 0.2) is 243 Å². The van der Waals surface area contributed by atoms with Gasteiger partial charge in [-0.25, -0.2) is 0 Å². The first-order valence-corrected chi connectivity index (χ1v) is 30.9. The number of ether oxygens (including phenoxy) is 2. The fourth-order valence-corrected chi connectivity index (χ4v) is 13.0. The van der Waals surface area contributed by atoms with Crippen LogP contribution in [0.3, 0.4) is 0 Å². The van der Waals surface area contributed by atoms with Crippen LogP contribution in [0.5, 0.6) is 23.0 Å². The molecule has 4 heterocycles. The predicted molar refractivity (Wildman–Crippen MR) is 375 cm³/mol. The van der Waals surface area contributed by atoms with Gasteiger partial charge in [0.15, 0.2) is 0 Å². The number of hydrogen-bond acceptors (Lipinski definition) is 12. The van der Waals surface area contributed by atoms with Crippen molar-refractivity contribution in [3.8, 4) is 23.0 Å². The van der Waals surface area contributed by atoms with Crippen LogP contribution >= 0.6 is 0 Å². The highest BCUT2D eigenvalue weighted by Crippen LogP contribution is 2.51. The monoisotopic (exact) mass is 1180 g/mol. The van der Waals surface area contributed by atoms with Gasteiger partial charge in [-0.3, -0.25) is 0 Å². The molecule has 15 rings (SSSR count). The average molecular weight is 1180 g/mol. The van der Waals surface area contributed by atoms with Gasteiger partial charge in [0.25, 0.3) is 0 Å². The third kappa shape index (κ3) is 10.2. The summed E-state index contributed by atoms with van der Waals surface area (Å²) in [5.41, 5.74) is 25.5. The molecule has 0 N–H and O–H groups in total. The van der Waals surface area contributed by atoms with Gasteiger partial charge in [0.2, 0.25) is 0 Å². The number of para-hydroxylation sites is 4. The zero-order valence-electron chi connectivity index (χ0n) is 52.2. The molecular weight excluding hydrogens is 1110 g/mol. The number of anilines is 18. The molecule has 446 valence electrons. The molecule has 0 unspecified atom stereocenters. The topological polar surface area (TPSA) is 50.9 Å². The Hall–Kier alpha value is -11.0. The van der Waals surface area contributed by atoms with E-state index in [1.54, 1.807) is 0 Å². The van der Waals surface area contributed by atoms with E-state index < -0.39 is 0 Å². The molecule has 0 fully saturated rings. The van der Waals surface area contributed by atoms with Crippen molar-refractivity contribution in [1.82, 2.24) is 0 Å². The van der Waals surface area contributed by atoms with E-state index in [9.17, 15) is 0 Å². The molecule has 0 saturated carbocycles. The zero-order chi connectivity index (χ0) is 61.3. The Labute approximate surface area is 528 Å². The third-order valence-electron chi connectivity index (χ3n) is 18.2. The van der Waals surface area contributed by atoms with Crippen molar-refractivity contribution in [2.24, 2.45) is 0 Å². The summed E-state index contributed by atoms with van der Waals surface area (Å²) in [6.45, 7) is 11.4. The van der Waals surface area contributed by atoms with Crippen molar-refractivity contribution in [2.45, 2.75) is 27.7 Å². The van der Waals surface area contributed by atoms with E-state index >= 15 is 0 Å². The molecule has 12 nitrogen and oxygen atoms in total. The summed E-state index contributed by atoms with van der Waals surface area (Å²) < 4.78 is 13.5. The Morgan fingerprint density at radius 1 is 0.233 bits per heavy atom. The molecule has 0 atom stereocenters. The maximum Gasteiger partial charge on any atom is 0.129 e. The minimum atomic E-state index is 0.637. The summed E-state index contributed by atoms with van der Waals surface area (Å²) in [5, 5.41) is 0. The molecule has 0 aromatic heterocycles. The lowest BCUT2D eigenvalue weighted by molar-refractivity contribution is 0.482. The summed E-state index contributed by atoms with van der Waals surface area (Å²) in [5.74, 6) is 3.10. The van der Waals surface area contributed by atoms with Crippen LogP contribution in [0, 0.1) is 27.7 Å². The highest BCUT2D eigenvalue weighted by molar-refractivity contribution is 5.93. The van der Waals surface area contributed by atoms with Crippen LogP contribution in [0.2, 0.25) is 0 Å². The number of aryl methyl sites for hydroxylation is 4. The van der Waals surface area contributed by atoms with Gasteiger partial charge in [0.05, 0.1) is 45.5 Å². The van der Waals surface area contributed by atoms with Crippen LogP contribution in [-0.2, 0) is 0 Å². The van der Waals surface area contributed by atoms with E-state index in [0.29, 0.717) is 26.7 Å². The van der Waals surface area contributed by atoms with E-state index in [1.807, 2.05) is 24.3 Å². The molecular formula is C78H72N10O2. The van der Waals surface area contributed by atoms with Crippen LogP contribution in [0.4, 0.5) is 102 Å². The second-order valence-corrected chi connectivity index (χ2v) is 24.4. The van der Waals surface area contributed by atoms with Crippen LogP contribution in [-0.4, -0.2) is 54.9 Å². The second-order valence-electron chi connectivity index (χ2n) is 24.4. The molecule has 90 heavy (non-hydrogen) atoms. The number of rotatable bonds is 14. The van der Waals surface area contributed by atoms with Crippen LogP contribution in [0.1, 0.15) is 22.3 Å². The third-order valence-corrected chi connectivity index (χ3v) is 18.2. The Bertz CT molecular complexity index is 4260. The number of benzene rings is 11.